The van der Waals surface area contributed by atoms with Gasteiger partial charge in [0.05, 0.1) is 5.69 Å². The third-order valence-electron chi connectivity index (χ3n) is 5.39. The summed E-state index contributed by atoms with van der Waals surface area (Å²) in [6, 6.07) is 16.7. The second-order valence-electron chi connectivity index (χ2n) is 7.85. The number of para-hydroxylation sites is 1. The first kappa shape index (κ1) is 22.1. The first-order chi connectivity index (χ1) is 17.0. The topological polar surface area (TPSA) is 120 Å². The zero-order valence-electron chi connectivity index (χ0n) is 19.0. The number of fused-ring (bicyclic) bond motifs is 1. The van der Waals surface area contributed by atoms with Crippen LogP contribution < -0.4 is 19.7 Å². The van der Waals surface area contributed by atoms with Gasteiger partial charge in [-0.2, -0.15) is 4.98 Å². The fourth-order valence-electron chi connectivity index (χ4n) is 3.61. The van der Waals surface area contributed by atoms with Crippen molar-refractivity contribution in [3.8, 4) is 28.6 Å². The van der Waals surface area contributed by atoms with Gasteiger partial charge in [-0.3, -0.25) is 14.6 Å². The molecule has 1 atom stereocenters. The number of amides is 2. The Morgan fingerprint density at radius 3 is 2.71 bits per heavy atom. The van der Waals surface area contributed by atoms with E-state index in [-0.39, 0.29) is 18.2 Å². The number of nitrogens with one attached hydrogen (secondary N) is 1. The highest BCUT2D eigenvalue weighted by atomic mass is 16.5. The third-order valence-corrected chi connectivity index (χ3v) is 5.39. The maximum Gasteiger partial charge on any atom is 0.270 e. The van der Waals surface area contributed by atoms with E-state index in [1.54, 1.807) is 50.4 Å². The highest BCUT2D eigenvalue weighted by Crippen LogP contribution is 2.34. The molecule has 2 aromatic carbocycles. The van der Waals surface area contributed by atoms with Crippen LogP contribution in [0, 0.1) is 6.92 Å². The van der Waals surface area contributed by atoms with E-state index in [0.29, 0.717) is 40.2 Å². The molecule has 1 N–H and O–H groups in total. The van der Waals surface area contributed by atoms with Crippen LogP contribution >= 0.6 is 0 Å². The van der Waals surface area contributed by atoms with Crippen molar-refractivity contribution in [2.24, 2.45) is 0 Å². The van der Waals surface area contributed by atoms with E-state index in [4.69, 9.17) is 14.0 Å². The van der Waals surface area contributed by atoms with E-state index in [9.17, 15) is 9.59 Å². The monoisotopic (exact) mass is 471 g/mol. The average molecular weight is 471 g/mol. The summed E-state index contributed by atoms with van der Waals surface area (Å²) in [5.74, 6) is 1.57. The van der Waals surface area contributed by atoms with Crippen molar-refractivity contribution in [3.05, 3.63) is 78.4 Å². The Kier molecular flexibility index (Phi) is 5.84. The molecule has 35 heavy (non-hydrogen) atoms. The number of anilines is 1. The number of pyridine rings is 1. The second-order valence-corrected chi connectivity index (χ2v) is 7.85. The molecule has 0 saturated carbocycles. The molecular weight excluding hydrogens is 450 g/mol. The SMILES string of the molecule is Cc1nc(-c2ccc3c(c2)N(C)C(=O)C(NC(=O)c2cc(Oc4ccccc4)ccn2)CO3)no1. The van der Waals surface area contributed by atoms with E-state index in [0.717, 1.165) is 0 Å². The van der Waals surface area contributed by atoms with Gasteiger partial charge in [0.1, 0.15) is 35.6 Å². The minimum atomic E-state index is -0.920. The minimum absolute atomic E-state index is 0.0389. The van der Waals surface area contributed by atoms with Crippen LogP contribution in [0.4, 0.5) is 5.69 Å². The lowest BCUT2D eigenvalue weighted by Gasteiger charge is -2.20. The number of aromatic nitrogens is 3. The van der Waals surface area contributed by atoms with Gasteiger partial charge in [0.25, 0.3) is 11.8 Å². The van der Waals surface area contributed by atoms with Gasteiger partial charge in [0.2, 0.25) is 11.7 Å². The van der Waals surface area contributed by atoms with Crippen LogP contribution in [-0.4, -0.2) is 46.6 Å². The van der Waals surface area contributed by atoms with Gasteiger partial charge in [0.15, 0.2) is 0 Å². The van der Waals surface area contributed by atoms with Gasteiger partial charge in [-0.25, -0.2) is 0 Å². The van der Waals surface area contributed by atoms with E-state index < -0.39 is 11.9 Å². The van der Waals surface area contributed by atoms with Crippen molar-refractivity contribution in [2.75, 3.05) is 18.6 Å². The molecule has 0 bridgehead atoms. The molecule has 10 nitrogen and oxygen atoms in total. The molecule has 0 fully saturated rings. The molecule has 3 heterocycles. The van der Waals surface area contributed by atoms with Crippen LogP contribution in [0.2, 0.25) is 0 Å². The zero-order valence-corrected chi connectivity index (χ0v) is 19.0. The molecule has 1 aliphatic rings. The first-order valence-electron chi connectivity index (χ1n) is 10.8. The van der Waals surface area contributed by atoms with Crippen molar-refractivity contribution in [2.45, 2.75) is 13.0 Å². The highest BCUT2D eigenvalue weighted by molar-refractivity contribution is 6.03. The predicted molar refractivity (Wildman–Crippen MR) is 125 cm³/mol. The Labute approximate surface area is 200 Å². The average Bonchev–Trinajstić information content (AvgIpc) is 3.28. The summed E-state index contributed by atoms with van der Waals surface area (Å²) >= 11 is 0. The van der Waals surface area contributed by atoms with Crippen LogP contribution in [0.1, 0.15) is 16.4 Å². The Morgan fingerprint density at radius 2 is 1.94 bits per heavy atom. The number of carbonyl (C=O) groups is 2. The highest BCUT2D eigenvalue weighted by Gasteiger charge is 2.31. The van der Waals surface area contributed by atoms with Crippen LogP contribution in [0.3, 0.4) is 0 Å². The smallest absolute Gasteiger partial charge is 0.270 e. The molecule has 0 spiro atoms. The van der Waals surface area contributed by atoms with Gasteiger partial charge < -0.3 is 24.2 Å². The van der Waals surface area contributed by atoms with E-state index >= 15 is 0 Å². The summed E-state index contributed by atoms with van der Waals surface area (Å²) < 4.78 is 16.7. The summed E-state index contributed by atoms with van der Waals surface area (Å²) in [5, 5.41) is 6.64. The van der Waals surface area contributed by atoms with E-state index in [1.165, 1.54) is 17.2 Å². The first-order valence-corrected chi connectivity index (χ1v) is 10.8. The summed E-state index contributed by atoms with van der Waals surface area (Å²) in [4.78, 5) is 35.9. The fourth-order valence-corrected chi connectivity index (χ4v) is 3.61. The number of aryl methyl sites for hydroxylation is 1. The van der Waals surface area contributed by atoms with E-state index in [2.05, 4.69) is 20.4 Å². The van der Waals surface area contributed by atoms with Gasteiger partial charge >= 0.3 is 0 Å². The Morgan fingerprint density at radius 1 is 1.11 bits per heavy atom. The maximum atomic E-state index is 13.2. The van der Waals surface area contributed by atoms with Crippen LogP contribution in [0.15, 0.2) is 71.4 Å². The standard InChI is InChI=1S/C25H21N5O5/c1-15-27-23(29-35-15)16-8-9-22-21(12-16)30(2)25(32)20(14-33-22)28-24(31)19-13-18(10-11-26-19)34-17-6-4-3-5-7-17/h3-13,20H,14H2,1-2H3,(H,28,31). The molecule has 4 aromatic rings. The van der Waals surface area contributed by atoms with Crippen molar-refractivity contribution < 1.29 is 23.6 Å². The Balaban J connectivity index is 1.32. The van der Waals surface area contributed by atoms with Gasteiger partial charge in [-0.15, -0.1) is 0 Å². The number of benzene rings is 2. The summed E-state index contributed by atoms with van der Waals surface area (Å²) in [6.07, 6.45) is 1.47. The van der Waals surface area contributed by atoms with Gasteiger partial charge in [-0.05, 0) is 36.4 Å². The zero-order chi connectivity index (χ0) is 24.4. The molecule has 5 rings (SSSR count). The lowest BCUT2D eigenvalue weighted by atomic mass is 10.1. The lowest BCUT2D eigenvalue weighted by Crippen LogP contribution is -2.49. The number of likely N-dealkylation sites (N-methyl/N-ethyl adjacent to an activating group) is 1. The number of rotatable bonds is 5. The van der Waals surface area contributed by atoms with Crippen molar-refractivity contribution in [1.82, 2.24) is 20.4 Å². The molecule has 176 valence electrons. The molecule has 2 amide bonds. The number of carbonyl (C=O) groups excluding carboxylic acids is 2. The molecule has 0 aliphatic carbocycles. The largest absolute Gasteiger partial charge is 0.489 e. The summed E-state index contributed by atoms with van der Waals surface area (Å²) in [7, 11) is 1.62. The quantitative estimate of drug-likeness (QED) is 0.470. The molecule has 1 unspecified atom stereocenters. The van der Waals surface area contributed by atoms with Gasteiger partial charge in [0, 0.05) is 31.8 Å². The lowest BCUT2D eigenvalue weighted by molar-refractivity contribution is -0.120. The number of hydrogen-bond donors (Lipinski definition) is 1. The molecule has 10 heteroatoms. The van der Waals surface area contributed by atoms with Crippen molar-refractivity contribution >= 4 is 17.5 Å². The summed E-state index contributed by atoms with van der Waals surface area (Å²) in [6.45, 7) is 1.66. The third kappa shape index (κ3) is 4.67. The number of ether oxygens (including phenoxy) is 2. The molecule has 1 aliphatic heterocycles. The molecular formula is C25H21N5O5. The predicted octanol–water partition coefficient (Wildman–Crippen LogP) is 3.39. The van der Waals surface area contributed by atoms with Crippen molar-refractivity contribution in [3.63, 3.8) is 0 Å². The van der Waals surface area contributed by atoms with Gasteiger partial charge in [-0.1, -0.05) is 23.4 Å². The fraction of sp³-hybridized carbons (Fsp3) is 0.160. The minimum Gasteiger partial charge on any atom is -0.489 e. The second kappa shape index (κ2) is 9.26. The van der Waals surface area contributed by atoms with Crippen LogP contribution in [0.25, 0.3) is 11.4 Å². The summed E-state index contributed by atoms with van der Waals surface area (Å²) in [5.41, 5.74) is 1.32. The number of hydrogen-bond acceptors (Lipinski definition) is 8. The normalized spacial score (nSPS) is 15.1. The van der Waals surface area contributed by atoms with Crippen LogP contribution in [-0.2, 0) is 4.79 Å². The number of nitrogens with zero attached hydrogens (tertiary/aromatic N) is 4. The molecule has 0 saturated heterocycles. The van der Waals surface area contributed by atoms with Crippen LogP contribution in [0.5, 0.6) is 17.2 Å². The maximum absolute atomic E-state index is 13.2. The molecule has 0 radical (unpaired) electrons. The Hall–Kier alpha value is -4.73. The van der Waals surface area contributed by atoms with E-state index in [1.807, 2.05) is 18.2 Å². The molecule has 2 aromatic heterocycles. The van der Waals surface area contributed by atoms with Crippen molar-refractivity contribution in [1.29, 1.82) is 0 Å². The Bertz CT molecular complexity index is 1390.